The molecule has 0 aromatic carbocycles. The van der Waals surface area contributed by atoms with E-state index < -0.39 is 0 Å². The van der Waals surface area contributed by atoms with Gasteiger partial charge in [0.1, 0.15) is 5.69 Å². The van der Waals surface area contributed by atoms with Crippen molar-refractivity contribution in [1.29, 1.82) is 0 Å². The van der Waals surface area contributed by atoms with Crippen molar-refractivity contribution in [3.63, 3.8) is 0 Å². The Morgan fingerprint density at radius 1 is 1.55 bits per heavy atom. The van der Waals surface area contributed by atoms with Gasteiger partial charge in [0, 0.05) is 34.2 Å². The van der Waals surface area contributed by atoms with Gasteiger partial charge in [0.2, 0.25) is 0 Å². The molecule has 0 aliphatic carbocycles. The Morgan fingerprint density at radius 3 is 2.85 bits per heavy atom. The summed E-state index contributed by atoms with van der Waals surface area (Å²) in [5, 5.41) is 7.22. The van der Waals surface area contributed by atoms with Gasteiger partial charge in [-0.2, -0.15) is 5.10 Å². The third-order valence-corrected chi connectivity index (χ3v) is 3.05. The van der Waals surface area contributed by atoms with Crippen molar-refractivity contribution in [3.05, 3.63) is 17.5 Å². The zero-order chi connectivity index (χ0) is 15.4. The summed E-state index contributed by atoms with van der Waals surface area (Å²) >= 11 is 2.14. The number of rotatable bonds is 5. The predicted molar refractivity (Wildman–Crippen MR) is 92.9 cm³/mol. The summed E-state index contributed by atoms with van der Waals surface area (Å²) in [5.41, 5.74) is 1.34. The number of carbonyl (C=O) groups is 1. The van der Waals surface area contributed by atoms with Gasteiger partial charge < -0.3 is 4.74 Å². The number of hydrogen-bond donors (Lipinski definition) is 0. The van der Waals surface area contributed by atoms with Crippen molar-refractivity contribution >= 4 is 36.1 Å². The molecule has 0 aliphatic heterocycles. The molecule has 0 spiro atoms. The minimum atomic E-state index is -0.313. The first kappa shape index (κ1) is 19.3. The lowest BCUT2D eigenvalue weighted by Gasteiger charge is -2.05. The second-order valence-corrected chi connectivity index (χ2v) is 5.25. The summed E-state index contributed by atoms with van der Waals surface area (Å²) in [7, 11) is 1.48. The Bertz CT molecular complexity index is 463. The highest BCUT2D eigenvalue weighted by atomic mass is 127. The quantitative estimate of drug-likeness (QED) is 0.317. The van der Waals surface area contributed by atoms with Gasteiger partial charge in [-0.05, 0) is 40.5 Å². The van der Waals surface area contributed by atoms with E-state index in [1.54, 1.807) is 17.7 Å². The summed E-state index contributed by atoms with van der Waals surface area (Å²) < 4.78 is 6.70. The van der Waals surface area contributed by atoms with Crippen LogP contribution in [0.3, 0.4) is 0 Å². The lowest BCUT2D eigenvalue weighted by Crippen LogP contribution is -2.13. The molecule has 1 heterocycles. The molecule has 0 amide bonds. The van der Waals surface area contributed by atoms with Crippen LogP contribution in [0.1, 0.15) is 49.8 Å². The highest BCUT2D eigenvalue weighted by Crippen LogP contribution is 2.09. The van der Waals surface area contributed by atoms with Crippen molar-refractivity contribution in [2.24, 2.45) is 0 Å². The summed E-state index contributed by atoms with van der Waals surface area (Å²) in [4.78, 5) is 11.7. The van der Waals surface area contributed by atoms with Gasteiger partial charge in [-0.25, -0.2) is 4.79 Å². The van der Waals surface area contributed by atoms with Crippen LogP contribution in [0, 0.1) is 18.1 Å². The van der Waals surface area contributed by atoms with Crippen LogP contribution in [-0.2, 0) is 11.3 Å². The van der Waals surface area contributed by atoms with Gasteiger partial charge in [0.15, 0.2) is 0 Å². The minimum absolute atomic E-state index is 0.313. The lowest BCUT2D eigenvalue weighted by atomic mass is 10.3. The predicted octanol–water partition coefficient (Wildman–Crippen LogP) is 4.22. The lowest BCUT2D eigenvalue weighted by molar-refractivity contribution is 0.0511. The molecule has 112 valence electrons. The molecule has 0 radical (unpaired) electrons. The summed E-state index contributed by atoms with van der Waals surface area (Å²) in [5.74, 6) is 2.72. The average Bonchev–Trinajstić information content (AvgIpc) is 2.82. The van der Waals surface area contributed by atoms with E-state index in [4.69, 9.17) is 4.74 Å². The first-order chi connectivity index (χ1) is 9.69. The molecule has 0 bridgehead atoms. The second-order valence-electron chi connectivity index (χ2n) is 3.57. The first-order valence-electron chi connectivity index (χ1n) is 6.66. The largest absolute Gasteiger partial charge is 0.461 e. The molecule has 1 aromatic heterocycles. The fraction of sp³-hybridized carbons (Fsp3) is 0.571. The van der Waals surface area contributed by atoms with Crippen LogP contribution in [0.25, 0.3) is 0 Å². The van der Waals surface area contributed by atoms with Gasteiger partial charge in [-0.15, -0.1) is 0 Å². The minimum Gasteiger partial charge on any atom is -0.461 e. The van der Waals surface area contributed by atoms with Crippen molar-refractivity contribution in [2.75, 3.05) is 6.61 Å². The van der Waals surface area contributed by atoms with Crippen LogP contribution in [-0.4, -0.2) is 22.4 Å². The fourth-order valence-electron chi connectivity index (χ4n) is 1.48. The zero-order valence-electron chi connectivity index (χ0n) is 12.4. The Balaban J connectivity index is 0.00000172. The third kappa shape index (κ3) is 7.20. The number of aryl methyl sites for hydroxylation is 2. The van der Waals surface area contributed by atoms with Gasteiger partial charge >= 0.3 is 5.97 Å². The van der Waals surface area contributed by atoms with Crippen molar-refractivity contribution in [1.82, 2.24) is 9.78 Å². The van der Waals surface area contributed by atoms with Crippen LogP contribution >= 0.6 is 30.1 Å². The molecule has 20 heavy (non-hydrogen) atoms. The van der Waals surface area contributed by atoms with Gasteiger partial charge in [0.25, 0.3) is 0 Å². The summed E-state index contributed by atoms with van der Waals surface area (Å²) in [6, 6.07) is 1.75. The molecule has 0 aliphatic rings. The Morgan fingerprint density at radius 2 is 2.25 bits per heavy atom. The number of hydrogen-bond acceptors (Lipinski definition) is 4. The van der Waals surface area contributed by atoms with E-state index in [1.807, 2.05) is 20.8 Å². The maximum absolute atomic E-state index is 11.7. The van der Waals surface area contributed by atoms with E-state index in [0.717, 1.165) is 18.5 Å². The number of ether oxygens (including phenoxy) is 1. The van der Waals surface area contributed by atoms with E-state index >= 15 is 0 Å². The SMILES string of the molecule is CC.CCOC(=O)c1cc(C)nn1CCCC#CSI. The molecule has 4 nitrogen and oxygen atoms in total. The number of halogens is 1. The van der Waals surface area contributed by atoms with E-state index in [1.165, 1.54) is 8.93 Å². The number of aromatic nitrogens is 2. The molecule has 0 saturated carbocycles. The maximum atomic E-state index is 11.7. The smallest absolute Gasteiger partial charge is 0.356 e. The molecule has 1 aromatic rings. The van der Waals surface area contributed by atoms with E-state index in [9.17, 15) is 4.79 Å². The maximum Gasteiger partial charge on any atom is 0.356 e. The van der Waals surface area contributed by atoms with E-state index in [2.05, 4.69) is 37.5 Å². The molecule has 0 unspecified atom stereocenters. The molecule has 0 N–H and O–H groups in total. The standard InChI is InChI=1S/C12H15IN2O2S.C2H6/c1-3-17-12(16)11-9-10(2)14-15(11)7-5-4-6-8-18-13;1-2/h9H,3-5,7H2,1-2H3;1-2H3. The average molecular weight is 408 g/mol. The number of unbranched alkanes of at least 4 members (excludes halogenated alkanes) is 1. The highest BCUT2D eigenvalue weighted by Gasteiger charge is 2.14. The van der Waals surface area contributed by atoms with Crippen LogP contribution in [0.2, 0.25) is 0 Å². The Labute approximate surface area is 137 Å². The molecule has 0 fully saturated rings. The third-order valence-electron chi connectivity index (χ3n) is 2.17. The summed E-state index contributed by atoms with van der Waals surface area (Å²) in [6.07, 6.45) is 1.68. The zero-order valence-corrected chi connectivity index (χ0v) is 15.4. The van der Waals surface area contributed by atoms with Crippen molar-refractivity contribution < 1.29 is 9.53 Å². The Kier molecular flexibility index (Phi) is 11.7. The second kappa shape index (κ2) is 12.1. The molecule has 0 atom stereocenters. The van der Waals surface area contributed by atoms with Crippen LogP contribution in [0.4, 0.5) is 0 Å². The van der Waals surface area contributed by atoms with Gasteiger partial charge in [-0.3, -0.25) is 4.68 Å². The van der Waals surface area contributed by atoms with Gasteiger partial charge in [-0.1, -0.05) is 19.8 Å². The number of nitrogens with zero attached hydrogens (tertiary/aromatic N) is 2. The highest BCUT2D eigenvalue weighted by molar-refractivity contribution is 14.2. The normalized spacial score (nSPS) is 9.05. The fourth-order valence-corrected chi connectivity index (χ4v) is 2.10. The summed E-state index contributed by atoms with van der Waals surface area (Å²) in [6.45, 7) is 8.72. The Hall–Kier alpha value is -0.680. The number of esters is 1. The monoisotopic (exact) mass is 408 g/mol. The molecular formula is C14H21IN2O2S. The topological polar surface area (TPSA) is 44.1 Å². The van der Waals surface area contributed by atoms with Gasteiger partial charge in [0.05, 0.1) is 12.3 Å². The van der Waals surface area contributed by atoms with Crippen LogP contribution < -0.4 is 0 Å². The molecular weight excluding hydrogens is 387 g/mol. The van der Waals surface area contributed by atoms with Crippen LogP contribution in [0.15, 0.2) is 6.07 Å². The molecule has 0 saturated heterocycles. The first-order valence-corrected chi connectivity index (χ1v) is 10.0. The molecule has 1 rings (SSSR count). The van der Waals surface area contributed by atoms with Crippen molar-refractivity contribution in [3.8, 4) is 11.2 Å². The number of carbonyl (C=O) groups excluding carboxylic acids is 1. The van der Waals surface area contributed by atoms with E-state index in [-0.39, 0.29) is 5.97 Å². The molecule has 6 heteroatoms. The van der Waals surface area contributed by atoms with E-state index in [0.29, 0.717) is 18.8 Å². The van der Waals surface area contributed by atoms with Crippen molar-refractivity contribution in [2.45, 2.75) is 47.1 Å². The van der Waals surface area contributed by atoms with Crippen LogP contribution in [0.5, 0.6) is 0 Å².